The lowest BCUT2D eigenvalue weighted by Gasteiger charge is -2.28. The highest BCUT2D eigenvalue weighted by Crippen LogP contribution is 2.09. The van der Waals surface area contributed by atoms with Crippen LogP contribution in [0.4, 0.5) is 0 Å². The SMILES string of the molecule is CC.O=C1CCCN1CCN1CCOCC1. The number of amides is 1. The minimum absolute atomic E-state index is 0.332. The van der Waals surface area contributed by atoms with Crippen LogP contribution in [-0.4, -0.2) is 61.6 Å². The summed E-state index contributed by atoms with van der Waals surface area (Å²) in [5.74, 6) is 0.332. The van der Waals surface area contributed by atoms with Crippen molar-refractivity contribution in [2.75, 3.05) is 45.9 Å². The number of carbonyl (C=O) groups excluding carboxylic acids is 1. The van der Waals surface area contributed by atoms with Crippen LogP contribution in [-0.2, 0) is 9.53 Å². The van der Waals surface area contributed by atoms with Gasteiger partial charge in [-0.15, -0.1) is 0 Å². The van der Waals surface area contributed by atoms with Crippen molar-refractivity contribution in [1.29, 1.82) is 0 Å². The first-order valence-corrected chi connectivity index (χ1v) is 6.44. The Morgan fingerprint density at radius 2 is 1.81 bits per heavy atom. The zero-order chi connectivity index (χ0) is 11.8. The number of likely N-dealkylation sites (tertiary alicyclic amines) is 1. The van der Waals surface area contributed by atoms with E-state index in [1.54, 1.807) is 0 Å². The third-order valence-corrected chi connectivity index (χ3v) is 2.96. The number of ether oxygens (including phenoxy) is 1. The molecular formula is C12H24N2O2. The topological polar surface area (TPSA) is 32.8 Å². The van der Waals surface area contributed by atoms with Gasteiger partial charge in [-0.2, -0.15) is 0 Å². The fourth-order valence-corrected chi connectivity index (χ4v) is 2.03. The molecule has 2 saturated heterocycles. The van der Waals surface area contributed by atoms with Gasteiger partial charge in [-0.3, -0.25) is 9.69 Å². The summed E-state index contributed by atoms with van der Waals surface area (Å²) in [5.41, 5.74) is 0. The Labute approximate surface area is 98.5 Å². The maximum Gasteiger partial charge on any atom is 0.222 e. The normalized spacial score (nSPS) is 21.9. The Morgan fingerprint density at radius 3 is 2.38 bits per heavy atom. The second kappa shape index (κ2) is 7.63. The van der Waals surface area contributed by atoms with E-state index < -0.39 is 0 Å². The summed E-state index contributed by atoms with van der Waals surface area (Å²) in [5, 5.41) is 0. The van der Waals surface area contributed by atoms with Crippen LogP contribution >= 0.6 is 0 Å². The van der Waals surface area contributed by atoms with Crippen molar-refractivity contribution >= 4 is 5.91 Å². The Hall–Kier alpha value is -0.610. The number of hydrogen-bond donors (Lipinski definition) is 0. The standard InChI is InChI=1S/C10H18N2O2.C2H6/c13-10-2-1-3-12(10)5-4-11-6-8-14-9-7-11;1-2/h1-9H2;1-2H3. The number of nitrogens with zero attached hydrogens (tertiary/aromatic N) is 2. The first-order valence-electron chi connectivity index (χ1n) is 6.44. The molecule has 0 aromatic carbocycles. The molecule has 0 atom stereocenters. The highest BCUT2D eigenvalue weighted by molar-refractivity contribution is 5.78. The van der Waals surface area contributed by atoms with Crippen LogP contribution < -0.4 is 0 Å². The van der Waals surface area contributed by atoms with Crippen molar-refractivity contribution in [3.8, 4) is 0 Å². The van der Waals surface area contributed by atoms with Crippen molar-refractivity contribution in [3.05, 3.63) is 0 Å². The molecule has 0 aromatic rings. The monoisotopic (exact) mass is 228 g/mol. The highest BCUT2D eigenvalue weighted by Gasteiger charge is 2.20. The Morgan fingerprint density at radius 1 is 1.12 bits per heavy atom. The van der Waals surface area contributed by atoms with Crippen LogP contribution in [0.2, 0.25) is 0 Å². The summed E-state index contributed by atoms with van der Waals surface area (Å²) in [6.07, 6.45) is 1.80. The summed E-state index contributed by atoms with van der Waals surface area (Å²) in [4.78, 5) is 15.7. The maximum atomic E-state index is 11.3. The van der Waals surface area contributed by atoms with E-state index in [4.69, 9.17) is 4.74 Å². The van der Waals surface area contributed by atoms with Crippen molar-refractivity contribution in [1.82, 2.24) is 9.80 Å². The molecular weight excluding hydrogens is 204 g/mol. The number of hydrogen-bond acceptors (Lipinski definition) is 3. The molecule has 2 aliphatic rings. The van der Waals surface area contributed by atoms with Gasteiger partial charge in [0, 0.05) is 39.1 Å². The summed E-state index contributed by atoms with van der Waals surface area (Å²) >= 11 is 0. The minimum Gasteiger partial charge on any atom is -0.379 e. The lowest BCUT2D eigenvalue weighted by molar-refractivity contribution is -0.128. The van der Waals surface area contributed by atoms with E-state index in [0.29, 0.717) is 5.91 Å². The third-order valence-electron chi connectivity index (χ3n) is 2.96. The molecule has 2 aliphatic heterocycles. The van der Waals surface area contributed by atoms with Crippen LogP contribution in [0.1, 0.15) is 26.7 Å². The molecule has 0 spiro atoms. The molecule has 0 saturated carbocycles. The van der Waals surface area contributed by atoms with Gasteiger partial charge < -0.3 is 9.64 Å². The maximum absolute atomic E-state index is 11.3. The van der Waals surface area contributed by atoms with E-state index in [1.165, 1.54) is 0 Å². The van der Waals surface area contributed by atoms with Gasteiger partial charge in [0.1, 0.15) is 0 Å². The van der Waals surface area contributed by atoms with Crippen molar-refractivity contribution in [2.45, 2.75) is 26.7 Å². The van der Waals surface area contributed by atoms with E-state index in [2.05, 4.69) is 4.90 Å². The number of carbonyl (C=O) groups is 1. The van der Waals surface area contributed by atoms with E-state index in [9.17, 15) is 4.79 Å². The number of morpholine rings is 1. The van der Waals surface area contributed by atoms with E-state index in [0.717, 1.165) is 58.8 Å². The first-order chi connectivity index (χ1) is 7.86. The van der Waals surface area contributed by atoms with Gasteiger partial charge in [0.25, 0.3) is 0 Å². The third kappa shape index (κ3) is 4.10. The van der Waals surface area contributed by atoms with Crippen LogP contribution in [0, 0.1) is 0 Å². The van der Waals surface area contributed by atoms with Crippen LogP contribution in [0.5, 0.6) is 0 Å². The minimum atomic E-state index is 0.332. The van der Waals surface area contributed by atoms with Gasteiger partial charge in [0.2, 0.25) is 5.91 Å². The van der Waals surface area contributed by atoms with Crippen LogP contribution in [0.25, 0.3) is 0 Å². The largest absolute Gasteiger partial charge is 0.379 e. The summed E-state index contributed by atoms with van der Waals surface area (Å²) in [7, 11) is 0. The smallest absolute Gasteiger partial charge is 0.222 e. The highest BCUT2D eigenvalue weighted by atomic mass is 16.5. The molecule has 94 valence electrons. The van der Waals surface area contributed by atoms with Gasteiger partial charge in [-0.1, -0.05) is 13.8 Å². The molecule has 2 rings (SSSR count). The molecule has 0 unspecified atom stereocenters. The molecule has 2 fully saturated rings. The first kappa shape index (κ1) is 13.5. The molecule has 4 nitrogen and oxygen atoms in total. The average molecular weight is 228 g/mol. The zero-order valence-corrected chi connectivity index (χ0v) is 10.6. The van der Waals surface area contributed by atoms with Crippen LogP contribution in [0.15, 0.2) is 0 Å². The fourth-order valence-electron chi connectivity index (χ4n) is 2.03. The molecule has 1 amide bonds. The molecule has 0 bridgehead atoms. The quantitative estimate of drug-likeness (QED) is 0.721. The Bertz CT molecular complexity index is 203. The molecule has 16 heavy (non-hydrogen) atoms. The van der Waals surface area contributed by atoms with Crippen molar-refractivity contribution in [3.63, 3.8) is 0 Å². The molecule has 2 heterocycles. The second-order valence-corrected chi connectivity index (χ2v) is 3.94. The lowest BCUT2D eigenvalue weighted by Crippen LogP contribution is -2.41. The fraction of sp³-hybridized carbons (Fsp3) is 0.917. The molecule has 0 aromatic heterocycles. The summed E-state index contributed by atoms with van der Waals surface area (Å²) in [6.45, 7) is 10.6. The van der Waals surface area contributed by atoms with E-state index in [1.807, 2.05) is 18.7 Å². The Balaban J connectivity index is 0.000000606. The molecule has 0 N–H and O–H groups in total. The van der Waals surface area contributed by atoms with Gasteiger partial charge in [-0.25, -0.2) is 0 Å². The van der Waals surface area contributed by atoms with Gasteiger partial charge in [-0.05, 0) is 6.42 Å². The predicted molar refractivity (Wildman–Crippen MR) is 64.4 cm³/mol. The van der Waals surface area contributed by atoms with E-state index in [-0.39, 0.29) is 0 Å². The lowest BCUT2D eigenvalue weighted by atomic mass is 10.4. The van der Waals surface area contributed by atoms with Crippen LogP contribution in [0.3, 0.4) is 0 Å². The zero-order valence-electron chi connectivity index (χ0n) is 10.6. The predicted octanol–water partition coefficient (Wildman–Crippen LogP) is 0.967. The molecule has 0 radical (unpaired) electrons. The van der Waals surface area contributed by atoms with Gasteiger partial charge in [0.05, 0.1) is 13.2 Å². The van der Waals surface area contributed by atoms with Crippen molar-refractivity contribution < 1.29 is 9.53 Å². The summed E-state index contributed by atoms with van der Waals surface area (Å²) in [6, 6.07) is 0. The van der Waals surface area contributed by atoms with Gasteiger partial charge in [0.15, 0.2) is 0 Å². The summed E-state index contributed by atoms with van der Waals surface area (Å²) < 4.78 is 5.27. The van der Waals surface area contributed by atoms with E-state index >= 15 is 0 Å². The number of rotatable bonds is 3. The second-order valence-electron chi connectivity index (χ2n) is 3.94. The Kier molecular flexibility index (Phi) is 6.42. The molecule has 4 heteroatoms. The molecule has 0 aliphatic carbocycles. The van der Waals surface area contributed by atoms with Crippen molar-refractivity contribution in [2.24, 2.45) is 0 Å². The van der Waals surface area contributed by atoms with Gasteiger partial charge >= 0.3 is 0 Å². The average Bonchev–Trinajstić information content (AvgIpc) is 2.76.